The van der Waals surface area contributed by atoms with Crippen LogP contribution in [-0.2, 0) is 9.47 Å². The monoisotopic (exact) mass is 309 g/mol. The first-order chi connectivity index (χ1) is 10.7. The van der Waals surface area contributed by atoms with E-state index in [1.54, 1.807) is 7.11 Å². The van der Waals surface area contributed by atoms with Crippen LogP contribution in [0.3, 0.4) is 0 Å². The second-order valence-electron chi connectivity index (χ2n) is 5.63. The predicted octanol–water partition coefficient (Wildman–Crippen LogP) is 2.20. The standard InChI is InChI=1S/C17H27NO4/c1-14-12-18(13-15(2)22-14)8-9-20-10-11-21-17-7-5-4-6-16(17)19-3/h4-7,14-15H,8-13H2,1-3H3/t14-,15-/m0/s1. The van der Waals surface area contributed by atoms with E-state index in [0.717, 1.165) is 31.1 Å². The third-order valence-corrected chi connectivity index (χ3v) is 3.60. The summed E-state index contributed by atoms with van der Waals surface area (Å²) in [7, 11) is 1.64. The van der Waals surface area contributed by atoms with E-state index in [9.17, 15) is 0 Å². The Labute approximate surface area is 133 Å². The molecule has 0 aliphatic carbocycles. The molecule has 5 nitrogen and oxygen atoms in total. The van der Waals surface area contributed by atoms with Gasteiger partial charge in [-0.3, -0.25) is 4.90 Å². The van der Waals surface area contributed by atoms with Crippen molar-refractivity contribution < 1.29 is 18.9 Å². The predicted molar refractivity (Wildman–Crippen MR) is 85.8 cm³/mol. The number of para-hydroxylation sites is 2. The molecule has 1 heterocycles. The van der Waals surface area contributed by atoms with E-state index in [0.29, 0.717) is 32.0 Å². The third-order valence-electron chi connectivity index (χ3n) is 3.60. The fourth-order valence-corrected chi connectivity index (χ4v) is 2.71. The fraction of sp³-hybridized carbons (Fsp3) is 0.647. The number of rotatable bonds is 8. The Morgan fingerprint density at radius 1 is 1.05 bits per heavy atom. The summed E-state index contributed by atoms with van der Waals surface area (Å²) >= 11 is 0. The van der Waals surface area contributed by atoms with Crippen molar-refractivity contribution >= 4 is 0 Å². The molecule has 1 aliphatic rings. The SMILES string of the molecule is COc1ccccc1OCCOCCN1C[C@H](C)O[C@@H](C)C1. The number of morpholine rings is 1. The lowest BCUT2D eigenvalue weighted by atomic mass is 10.2. The van der Waals surface area contributed by atoms with Crippen molar-refractivity contribution in [3.63, 3.8) is 0 Å². The number of hydrogen-bond acceptors (Lipinski definition) is 5. The lowest BCUT2D eigenvalue weighted by molar-refractivity contribution is -0.0734. The van der Waals surface area contributed by atoms with E-state index >= 15 is 0 Å². The maximum Gasteiger partial charge on any atom is 0.161 e. The van der Waals surface area contributed by atoms with Crippen LogP contribution < -0.4 is 9.47 Å². The molecule has 0 spiro atoms. The van der Waals surface area contributed by atoms with Gasteiger partial charge in [-0.1, -0.05) is 12.1 Å². The number of ether oxygens (including phenoxy) is 4. The number of hydrogen-bond donors (Lipinski definition) is 0. The van der Waals surface area contributed by atoms with E-state index in [4.69, 9.17) is 18.9 Å². The van der Waals surface area contributed by atoms with Crippen molar-refractivity contribution in [2.75, 3.05) is 46.6 Å². The minimum Gasteiger partial charge on any atom is -0.493 e. The Morgan fingerprint density at radius 3 is 2.41 bits per heavy atom. The fourth-order valence-electron chi connectivity index (χ4n) is 2.71. The van der Waals surface area contributed by atoms with Crippen LogP contribution >= 0.6 is 0 Å². The lowest BCUT2D eigenvalue weighted by Gasteiger charge is -2.35. The van der Waals surface area contributed by atoms with Gasteiger partial charge in [0.25, 0.3) is 0 Å². The molecule has 0 unspecified atom stereocenters. The number of nitrogens with zero attached hydrogens (tertiary/aromatic N) is 1. The molecule has 22 heavy (non-hydrogen) atoms. The summed E-state index contributed by atoms with van der Waals surface area (Å²) < 4.78 is 22.3. The highest BCUT2D eigenvalue weighted by atomic mass is 16.5. The zero-order valence-corrected chi connectivity index (χ0v) is 13.8. The van der Waals surface area contributed by atoms with Gasteiger partial charge in [-0.15, -0.1) is 0 Å². The van der Waals surface area contributed by atoms with Crippen LogP contribution in [0.25, 0.3) is 0 Å². The molecule has 0 radical (unpaired) electrons. The Kier molecular flexibility index (Phi) is 6.96. The van der Waals surface area contributed by atoms with Gasteiger partial charge in [-0.05, 0) is 26.0 Å². The van der Waals surface area contributed by atoms with Crippen molar-refractivity contribution in [3.8, 4) is 11.5 Å². The second kappa shape index (κ2) is 8.98. The molecule has 1 aliphatic heterocycles. The van der Waals surface area contributed by atoms with Gasteiger partial charge in [0.1, 0.15) is 6.61 Å². The Morgan fingerprint density at radius 2 is 1.73 bits per heavy atom. The molecular weight excluding hydrogens is 282 g/mol. The van der Waals surface area contributed by atoms with Crippen molar-refractivity contribution in [2.24, 2.45) is 0 Å². The third kappa shape index (κ3) is 5.48. The molecular formula is C17H27NO4. The quantitative estimate of drug-likeness (QED) is 0.689. The van der Waals surface area contributed by atoms with E-state index < -0.39 is 0 Å². The minimum absolute atomic E-state index is 0.303. The lowest BCUT2D eigenvalue weighted by Crippen LogP contribution is -2.46. The van der Waals surface area contributed by atoms with E-state index in [-0.39, 0.29) is 0 Å². The average Bonchev–Trinajstić information content (AvgIpc) is 2.50. The van der Waals surface area contributed by atoms with Crippen molar-refractivity contribution in [1.82, 2.24) is 4.90 Å². The van der Waals surface area contributed by atoms with Crippen LogP contribution in [0.5, 0.6) is 11.5 Å². The molecule has 1 aromatic carbocycles. The first-order valence-electron chi connectivity index (χ1n) is 7.90. The zero-order valence-electron chi connectivity index (χ0n) is 13.8. The summed E-state index contributed by atoms with van der Waals surface area (Å²) in [6, 6.07) is 7.64. The van der Waals surface area contributed by atoms with Crippen LogP contribution in [0.2, 0.25) is 0 Å². The minimum atomic E-state index is 0.303. The van der Waals surface area contributed by atoms with Crippen molar-refractivity contribution in [2.45, 2.75) is 26.1 Å². The molecule has 0 aromatic heterocycles. The van der Waals surface area contributed by atoms with Crippen molar-refractivity contribution in [1.29, 1.82) is 0 Å². The first-order valence-corrected chi connectivity index (χ1v) is 7.90. The summed E-state index contributed by atoms with van der Waals surface area (Å²) in [5, 5.41) is 0. The van der Waals surface area contributed by atoms with Crippen LogP contribution in [0.15, 0.2) is 24.3 Å². The molecule has 1 aromatic rings. The molecule has 124 valence electrons. The molecule has 0 amide bonds. The highest BCUT2D eigenvalue weighted by molar-refractivity contribution is 5.39. The van der Waals surface area contributed by atoms with Crippen LogP contribution in [0.1, 0.15) is 13.8 Å². The van der Waals surface area contributed by atoms with Crippen molar-refractivity contribution in [3.05, 3.63) is 24.3 Å². The van der Waals surface area contributed by atoms with Gasteiger partial charge in [0, 0.05) is 19.6 Å². The highest BCUT2D eigenvalue weighted by Crippen LogP contribution is 2.25. The molecule has 0 N–H and O–H groups in total. The summed E-state index contributed by atoms with van der Waals surface area (Å²) in [6.45, 7) is 8.94. The van der Waals surface area contributed by atoms with Crippen LogP contribution in [-0.4, -0.2) is 63.7 Å². The van der Waals surface area contributed by atoms with Gasteiger partial charge in [-0.2, -0.15) is 0 Å². The normalized spacial score (nSPS) is 22.5. The van der Waals surface area contributed by atoms with E-state index in [1.807, 2.05) is 24.3 Å². The Hall–Kier alpha value is -1.30. The second-order valence-corrected chi connectivity index (χ2v) is 5.63. The molecule has 2 atom stereocenters. The molecule has 5 heteroatoms. The smallest absolute Gasteiger partial charge is 0.161 e. The van der Waals surface area contributed by atoms with E-state index in [2.05, 4.69) is 18.7 Å². The molecule has 2 rings (SSSR count). The summed E-state index contributed by atoms with van der Waals surface area (Å²) in [5.74, 6) is 1.50. The van der Waals surface area contributed by atoms with Gasteiger partial charge in [0.05, 0.1) is 32.5 Å². The maximum absolute atomic E-state index is 5.72. The highest BCUT2D eigenvalue weighted by Gasteiger charge is 2.21. The molecule has 0 saturated carbocycles. The first kappa shape index (κ1) is 17.1. The Bertz CT molecular complexity index is 430. The Balaban J connectivity index is 1.58. The summed E-state index contributed by atoms with van der Waals surface area (Å²) in [5.41, 5.74) is 0. The largest absolute Gasteiger partial charge is 0.493 e. The van der Waals surface area contributed by atoms with Crippen LogP contribution in [0, 0.1) is 0 Å². The van der Waals surface area contributed by atoms with Gasteiger partial charge >= 0.3 is 0 Å². The number of benzene rings is 1. The average molecular weight is 309 g/mol. The van der Waals surface area contributed by atoms with Gasteiger partial charge in [-0.25, -0.2) is 0 Å². The van der Waals surface area contributed by atoms with Gasteiger partial charge in [0.2, 0.25) is 0 Å². The maximum atomic E-state index is 5.72. The van der Waals surface area contributed by atoms with Gasteiger partial charge < -0.3 is 18.9 Å². The summed E-state index contributed by atoms with van der Waals surface area (Å²) in [6.07, 6.45) is 0.607. The zero-order chi connectivity index (χ0) is 15.8. The molecule has 0 bridgehead atoms. The van der Waals surface area contributed by atoms with Crippen LogP contribution in [0.4, 0.5) is 0 Å². The van der Waals surface area contributed by atoms with Gasteiger partial charge in [0.15, 0.2) is 11.5 Å². The van der Waals surface area contributed by atoms with E-state index in [1.165, 1.54) is 0 Å². The molecule has 1 saturated heterocycles. The summed E-state index contributed by atoms with van der Waals surface area (Å²) in [4.78, 5) is 2.39. The number of methoxy groups -OCH3 is 1. The topological polar surface area (TPSA) is 40.2 Å². The molecule has 1 fully saturated rings.